The molecule has 0 aromatic heterocycles. The molecule has 0 aliphatic carbocycles. The van der Waals surface area contributed by atoms with Crippen LogP contribution in [0.25, 0.3) is 0 Å². The largest absolute Gasteiger partial charge is 0.472 e. The monoisotopic (exact) mass is 1340 g/mol. The Balaban J connectivity index is 5.36. The van der Waals surface area contributed by atoms with E-state index in [4.69, 9.17) is 37.0 Å². The number of ether oxygens (including phenoxy) is 4. The summed E-state index contributed by atoms with van der Waals surface area (Å²) in [6.45, 7) is 4.61. The number of aliphatic hydroxyl groups excluding tert-OH is 1. The van der Waals surface area contributed by atoms with Gasteiger partial charge in [0.05, 0.1) is 32.8 Å². The number of unbranched alkanes of at least 4 members (excludes halogenated alkanes) is 31. The van der Waals surface area contributed by atoms with Gasteiger partial charge in [0.1, 0.15) is 19.3 Å². The maximum Gasteiger partial charge on any atom is 0.472 e. The van der Waals surface area contributed by atoms with Gasteiger partial charge in [-0.1, -0.05) is 287 Å². The van der Waals surface area contributed by atoms with Crippen LogP contribution in [0, 0.1) is 0 Å². The first-order chi connectivity index (χ1) is 44.7. The lowest BCUT2D eigenvalue weighted by molar-refractivity contribution is -0.161. The summed E-state index contributed by atoms with van der Waals surface area (Å²) >= 11 is 0. The molecule has 0 bridgehead atoms. The van der Waals surface area contributed by atoms with E-state index in [2.05, 4.69) is 76.3 Å². The second-order valence-electron chi connectivity index (χ2n) is 24.2. The Morgan fingerprint density at radius 2 is 0.620 bits per heavy atom. The molecule has 0 saturated carbocycles. The van der Waals surface area contributed by atoms with Crippen molar-refractivity contribution < 1.29 is 80.2 Å². The number of phosphoric acid groups is 2. The zero-order valence-electron chi connectivity index (χ0n) is 58.0. The molecule has 0 saturated heterocycles. The van der Waals surface area contributed by atoms with Gasteiger partial charge in [0.25, 0.3) is 0 Å². The van der Waals surface area contributed by atoms with Crippen LogP contribution in [0.1, 0.15) is 310 Å². The van der Waals surface area contributed by atoms with E-state index in [1.165, 1.54) is 116 Å². The van der Waals surface area contributed by atoms with Gasteiger partial charge in [0.2, 0.25) is 0 Å². The first-order valence-corrected chi connectivity index (χ1v) is 39.2. The van der Waals surface area contributed by atoms with E-state index in [1.54, 1.807) is 6.08 Å². The maximum absolute atomic E-state index is 13.0. The SMILES string of the molecule is CC/C=C\C/C=C\C/C=C\C/C=C\C/C=C\CC(=O)OCC(COP(=O)(O)OCC(O)COP(=O)(O)OCC(COC(=O)CCCCCCC/C=C\CCCC)OC(=O)CCCCCCCCCCCCC)OC(=O)CCCCCCCCCCCCCCCCC. The minimum Gasteiger partial charge on any atom is -0.462 e. The van der Waals surface area contributed by atoms with Crippen LogP contribution in [-0.2, 0) is 65.4 Å². The molecule has 0 heterocycles. The van der Waals surface area contributed by atoms with Crippen molar-refractivity contribution in [1.29, 1.82) is 0 Å². The average molecular weight is 1340 g/mol. The number of rotatable bonds is 68. The highest BCUT2D eigenvalue weighted by Crippen LogP contribution is 2.45. The van der Waals surface area contributed by atoms with Crippen molar-refractivity contribution in [3.05, 3.63) is 72.9 Å². The van der Waals surface area contributed by atoms with Crippen LogP contribution >= 0.6 is 15.6 Å². The molecule has 19 heteroatoms. The summed E-state index contributed by atoms with van der Waals surface area (Å²) in [5.41, 5.74) is 0. The maximum atomic E-state index is 13.0. The van der Waals surface area contributed by atoms with Gasteiger partial charge in [-0.2, -0.15) is 0 Å². The molecule has 0 aliphatic heterocycles. The lowest BCUT2D eigenvalue weighted by atomic mass is 10.0. The highest BCUT2D eigenvalue weighted by Gasteiger charge is 2.30. The Labute approximate surface area is 558 Å². The zero-order chi connectivity index (χ0) is 67.5. The minimum absolute atomic E-state index is 0.0667. The van der Waals surface area contributed by atoms with Crippen molar-refractivity contribution in [2.75, 3.05) is 39.6 Å². The van der Waals surface area contributed by atoms with Gasteiger partial charge < -0.3 is 33.8 Å². The van der Waals surface area contributed by atoms with E-state index in [-0.39, 0.29) is 25.7 Å². The van der Waals surface area contributed by atoms with E-state index in [9.17, 15) is 43.2 Å². The number of hydrogen-bond acceptors (Lipinski definition) is 15. The number of carbonyl (C=O) groups is 4. The summed E-state index contributed by atoms with van der Waals surface area (Å²) in [6, 6.07) is 0. The first kappa shape index (κ1) is 88.5. The smallest absolute Gasteiger partial charge is 0.462 e. The van der Waals surface area contributed by atoms with Gasteiger partial charge in [-0.3, -0.25) is 37.3 Å². The third-order valence-electron chi connectivity index (χ3n) is 15.2. The molecule has 5 atom stereocenters. The lowest BCUT2D eigenvalue weighted by Crippen LogP contribution is -2.30. The summed E-state index contributed by atoms with van der Waals surface area (Å²) < 4.78 is 68.1. The fourth-order valence-electron chi connectivity index (χ4n) is 9.69. The summed E-state index contributed by atoms with van der Waals surface area (Å²) in [6.07, 6.45) is 63.7. The molecule has 0 rings (SSSR count). The molecule has 0 amide bonds. The molecular weight excluding hydrogens is 1210 g/mol. The van der Waals surface area contributed by atoms with Crippen LogP contribution in [0.3, 0.4) is 0 Å². The van der Waals surface area contributed by atoms with E-state index < -0.39 is 97.5 Å². The lowest BCUT2D eigenvalue weighted by Gasteiger charge is -2.21. The Morgan fingerprint density at radius 1 is 0.326 bits per heavy atom. The molecule has 0 aromatic carbocycles. The Morgan fingerprint density at radius 3 is 0.989 bits per heavy atom. The van der Waals surface area contributed by atoms with Gasteiger partial charge in [0, 0.05) is 19.3 Å². The number of phosphoric ester groups is 2. The van der Waals surface area contributed by atoms with E-state index in [0.717, 1.165) is 116 Å². The molecule has 17 nitrogen and oxygen atoms in total. The van der Waals surface area contributed by atoms with Gasteiger partial charge in [-0.05, 0) is 70.6 Å². The molecule has 0 aliphatic rings. The summed E-state index contributed by atoms with van der Waals surface area (Å²) in [5, 5.41) is 10.6. The van der Waals surface area contributed by atoms with Crippen LogP contribution in [0.2, 0.25) is 0 Å². The topological polar surface area (TPSA) is 237 Å². The first-order valence-electron chi connectivity index (χ1n) is 36.2. The predicted molar refractivity (Wildman–Crippen MR) is 372 cm³/mol. The summed E-state index contributed by atoms with van der Waals surface area (Å²) in [5.74, 6) is -2.31. The third kappa shape index (κ3) is 65.2. The molecule has 0 radical (unpaired) electrons. The molecule has 92 heavy (non-hydrogen) atoms. The standard InChI is InChI=1S/C73H130O17P2/c1-5-9-13-17-21-25-29-31-33-35-39-42-46-50-54-58-71(76)84-64-69(90-73(78)60-56-52-48-44-40-36-34-32-30-26-22-18-14-10-6-2)66-88-92(81,82)86-62-67(74)61-85-91(79,80)87-65-68(89-72(77)59-55-51-47-43-38-28-24-20-16-12-8-4)63-83-70(75)57-53-49-45-41-37-27-23-19-15-11-7-3/h9,13,19,21,23,25,31,33,39,42,50,54,67-69,74H,5-8,10-12,14-18,20,22,24,26-30,32,34-38,40-41,43-49,51-53,55-66H2,1-4H3,(H,79,80)(H,81,82)/b13-9-,23-19-,25-21-,33-31-,42-39-,54-50-. The zero-order valence-corrected chi connectivity index (χ0v) is 59.8. The number of aliphatic hydroxyl groups is 1. The average Bonchev–Trinajstić information content (AvgIpc) is 2.93. The van der Waals surface area contributed by atoms with Crippen LogP contribution in [0.15, 0.2) is 72.9 Å². The number of esters is 4. The van der Waals surface area contributed by atoms with Crippen molar-refractivity contribution in [2.45, 2.75) is 329 Å². The summed E-state index contributed by atoms with van der Waals surface area (Å²) in [4.78, 5) is 72.5. The van der Waals surface area contributed by atoms with E-state index in [1.807, 2.05) is 18.2 Å². The van der Waals surface area contributed by atoms with Crippen molar-refractivity contribution in [3.63, 3.8) is 0 Å². The number of hydrogen-bond donors (Lipinski definition) is 3. The Hall–Kier alpha value is -3.50. The molecule has 534 valence electrons. The molecule has 3 N–H and O–H groups in total. The van der Waals surface area contributed by atoms with Crippen molar-refractivity contribution >= 4 is 39.5 Å². The van der Waals surface area contributed by atoms with Gasteiger partial charge >= 0.3 is 39.5 Å². The van der Waals surface area contributed by atoms with Crippen LogP contribution in [-0.4, -0.2) is 96.7 Å². The quantitative estimate of drug-likeness (QED) is 0.0169. The Kier molecular flexibility index (Phi) is 63.6. The molecular formula is C73H130O17P2. The summed E-state index contributed by atoms with van der Waals surface area (Å²) in [7, 11) is -9.95. The van der Waals surface area contributed by atoms with Crippen molar-refractivity contribution in [2.24, 2.45) is 0 Å². The molecule has 0 aromatic rings. The van der Waals surface area contributed by atoms with Gasteiger partial charge in [0.15, 0.2) is 12.2 Å². The van der Waals surface area contributed by atoms with Crippen molar-refractivity contribution in [1.82, 2.24) is 0 Å². The number of allylic oxidation sites excluding steroid dienone is 11. The second kappa shape index (κ2) is 66.1. The number of carbonyl (C=O) groups excluding carboxylic acids is 4. The molecule has 0 fully saturated rings. The normalized spacial score (nSPS) is 14.5. The third-order valence-corrected chi connectivity index (χ3v) is 17.1. The van der Waals surface area contributed by atoms with Gasteiger partial charge in [-0.25, -0.2) is 9.13 Å². The van der Waals surface area contributed by atoms with Crippen molar-refractivity contribution in [3.8, 4) is 0 Å². The van der Waals surface area contributed by atoms with E-state index >= 15 is 0 Å². The minimum atomic E-state index is -4.98. The fourth-order valence-corrected chi connectivity index (χ4v) is 11.3. The fraction of sp³-hybridized carbons (Fsp3) is 0.781. The second-order valence-corrected chi connectivity index (χ2v) is 27.1. The van der Waals surface area contributed by atoms with Gasteiger partial charge in [-0.15, -0.1) is 0 Å². The Bertz CT molecular complexity index is 2040. The van der Waals surface area contributed by atoms with Crippen LogP contribution < -0.4 is 0 Å². The molecule has 0 spiro atoms. The van der Waals surface area contributed by atoms with Crippen LogP contribution in [0.5, 0.6) is 0 Å². The van der Waals surface area contributed by atoms with E-state index in [0.29, 0.717) is 25.7 Å². The predicted octanol–water partition coefficient (Wildman–Crippen LogP) is 20.1. The van der Waals surface area contributed by atoms with Crippen LogP contribution in [0.4, 0.5) is 0 Å². The molecule has 5 unspecified atom stereocenters. The highest BCUT2D eigenvalue weighted by atomic mass is 31.2. The highest BCUT2D eigenvalue weighted by molar-refractivity contribution is 7.47.